The second-order valence-corrected chi connectivity index (χ2v) is 6.86. The predicted octanol–water partition coefficient (Wildman–Crippen LogP) is 3.08. The zero-order valence-electron chi connectivity index (χ0n) is 15.3. The number of amides is 1. The van der Waals surface area contributed by atoms with Crippen LogP contribution in [0, 0.1) is 6.92 Å². The SMILES string of the molecule is Cc1cccc2cc(C3c4nc[nH]c4CCN3C(=O)c3ocnc3C(F)F)nn12. The molecule has 0 spiro atoms. The summed E-state index contributed by atoms with van der Waals surface area (Å²) in [7, 11) is 0. The van der Waals surface area contributed by atoms with Gasteiger partial charge in [-0.2, -0.15) is 5.10 Å². The largest absolute Gasteiger partial charge is 0.438 e. The molecule has 4 aromatic heterocycles. The maximum atomic E-state index is 13.3. The number of aromatic nitrogens is 5. The molecule has 10 heteroatoms. The number of hydrogen-bond donors (Lipinski definition) is 1. The van der Waals surface area contributed by atoms with E-state index in [1.165, 1.54) is 4.90 Å². The zero-order chi connectivity index (χ0) is 20.1. The molecule has 0 bridgehead atoms. The van der Waals surface area contributed by atoms with Crippen LogP contribution in [-0.4, -0.2) is 41.9 Å². The summed E-state index contributed by atoms with van der Waals surface area (Å²) in [5, 5.41) is 4.66. The van der Waals surface area contributed by atoms with Gasteiger partial charge in [-0.05, 0) is 25.1 Å². The number of rotatable bonds is 3. The molecule has 0 aromatic carbocycles. The van der Waals surface area contributed by atoms with E-state index in [-0.39, 0.29) is 0 Å². The van der Waals surface area contributed by atoms with Crippen molar-refractivity contribution >= 4 is 11.4 Å². The van der Waals surface area contributed by atoms with E-state index in [2.05, 4.69) is 20.1 Å². The number of alkyl halides is 2. The summed E-state index contributed by atoms with van der Waals surface area (Å²) in [6.07, 6.45) is 0.0326. The molecular weight excluding hydrogens is 382 g/mol. The molecule has 1 amide bonds. The lowest BCUT2D eigenvalue weighted by Gasteiger charge is -2.33. The number of pyridine rings is 1. The van der Waals surface area contributed by atoms with Gasteiger partial charge in [-0.25, -0.2) is 23.3 Å². The van der Waals surface area contributed by atoms with Crippen LogP contribution in [0.15, 0.2) is 41.4 Å². The van der Waals surface area contributed by atoms with Crippen LogP contribution in [0.2, 0.25) is 0 Å². The first-order valence-corrected chi connectivity index (χ1v) is 9.04. The number of imidazole rings is 1. The quantitative estimate of drug-likeness (QED) is 0.573. The van der Waals surface area contributed by atoms with Gasteiger partial charge in [-0.1, -0.05) is 6.07 Å². The van der Waals surface area contributed by atoms with Crippen molar-refractivity contribution in [3.8, 4) is 0 Å². The van der Waals surface area contributed by atoms with E-state index in [1.54, 1.807) is 10.8 Å². The van der Waals surface area contributed by atoms with E-state index in [4.69, 9.17) is 4.42 Å². The first-order valence-electron chi connectivity index (χ1n) is 9.04. The number of carbonyl (C=O) groups is 1. The Bertz CT molecular complexity index is 1210. The summed E-state index contributed by atoms with van der Waals surface area (Å²) in [5.74, 6) is -1.12. The Balaban J connectivity index is 1.63. The number of halogens is 2. The van der Waals surface area contributed by atoms with Gasteiger partial charge in [0, 0.05) is 24.4 Å². The number of H-pyrrole nitrogens is 1. The molecule has 0 saturated carbocycles. The molecule has 1 aliphatic rings. The Kier molecular flexibility index (Phi) is 3.93. The van der Waals surface area contributed by atoms with Crippen LogP contribution in [0.25, 0.3) is 5.52 Å². The van der Waals surface area contributed by atoms with Crippen LogP contribution in [0.1, 0.15) is 51.5 Å². The topological polar surface area (TPSA) is 92.3 Å². The van der Waals surface area contributed by atoms with Crippen molar-refractivity contribution in [3.63, 3.8) is 0 Å². The summed E-state index contributed by atoms with van der Waals surface area (Å²) in [4.78, 5) is 25.6. The van der Waals surface area contributed by atoms with Gasteiger partial charge in [0.25, 0.3) is 12.3 Å². The predicted molar refractivity (Wildman–Crippen MR) is 96.6 cm³/mol. The van der Waals surface area contributed by atoms with Crippen LogP contribution >= 0.6 is 0 Å². The number of aryl methyl sites for hydroxylation is 1. The van der Waals surface area contributed by atoms with Gasteiger partial charge >= 0.3 is 0 Å². The number of hydrogen-bond acceptors (Lipinski definition) is 5. The third-order valence-electron chi connectivity index (χ3n) is 5.16. The highest BCUT2D eigenvalue weighted by Gasteiger charge is 2.39. The van der Waals surface area contributed by atoms with Gasteiger partial charge in [0.15, 0.2) is 12.1 Å². The summed E-state index contributed by atoms with van der Waals surface area (Å²) in [6.45, 7) is 2.23. The van der Waals surface area contributed by atoms with Crippen molar-refractivity contribution in [3.05, 3.63) is 71.2 Å². The molecule has 1 atom stereocenters. The minimum atomic E-state index is -2.91. The Labute approximate surface area is 163 Å². The Morgan fingerprint density at radius 2 is 2.21 bits per heavy atom. The highest BCUT2D eigenvalue weighted by molar-refractivity contribution is 5.93. The monoisotopic (exact) mass is 398 g/mol. The minimum Gasteiger partial charge on any atom is -0.438 e. The number of oxazole rings is 1. The fourth-order valence-corrected chi connectivity index (χ4v) is 3.80. The first-order chi connectivity index (χ1) is 14.0. The van der Waals surface area contributed by atoms with E-state index < -0.39 is 29.8 Å². The number of aromatic amines is 1. The lowest BCUT2D eigenvalue weighted by molar-refractivity contribution is 0.0639. The van der Waals surface area contributed by atoms with Crippen LogP contribution in [-0.2, 0) is 6.42 Å². The van der Waals surface area contributed by atoms with E-state index in [0.717, 1.165) is 23.3 Å². The molecule has 0 radical (unpaired) electrons. The van der Waals surface area contributed by atoms with Gasteiger partial charge < -0.3 is 14.3 Å². The van der Waals surface area contributed by atoms with Gasteiger partial charge in [-0.15, -0.1) is 0 Å². The summed E-state index contributed by atoms with van der Waals surface area (Å²) in [6, 6.07) is 7.00. The van der Waals surface area contributed by atoms with E-state index in [0.29, 0.717) is 24.4 Å². The minimum absolute atomic E-state index is 0.301. The maximum absolute atomic E-state index is 13.3. The summed E-state index contributed by atoms with van der Waals surface area (Å²) >= 11 is 0. The maximum Gasteiger partial charge on any atom is 0.292 e. The average molecular weight is 398 g/mol. The Morgan fingerprint density at radius 1 is 1.34 bits per heavy atom. The molecular formula is C19H16F2N6O2. The second-order valence-electron chi connectivity index (χ2n) is 6.86. The molecule has 29 heavy (non-hydrogen) atoms. The van der Waals surface area contributed by atoms with Crippen molar-refractivity contribution in [2.45, 2.75) is 25.8 Å². The first kappa shape index (κ1) is 17.5. The average Bonchev–Trinajstić information content (AvgIpc) is 3.44. The van der Waals surface area contributed by atoms with Crippen molar-refractivity contribution in [1.29, 1.82) is 0 Å². The summed E-state index contributed by atoms with van der Waals surface area (Å²) < 4.78 is 33.3. The normalized spacial score (nSPS) is 16.6. The van der Waals surface area contributed by atoms with Gasteiger partial charge in [-0.3, -0.25) is 4.79 Å². The number of carbonyl (C=O) groups excluding carboxylic acids is 1. The van der Waals surface area contributed by atoms with Crippen molar-refractivity contribution < 1.29 is 18.0 Å². The molecule has 0 aliphatic carbocycles. The van der Waals surface area contributed by atoms with Crippen LogP contribution in [0.3, 0.4) is 0 Å². The summed E-state index contributed by atoms with van der Waals surface area (Å²) in [5.41, 5.74) is 3.26. The van der Waals surface area contributed by atoms with Gasteiger partial charge in [0.1, 0.15) is 6.04 Å². The number of fused-ring (bicyclic) bond motifs is 2. The Hall–Kier alpha value is -3.56. The van der Waals surface area contributed by atoms with Gasteiger partial charge in [0.05, 0.1) is 23.2 Å². The van der Waals surface area contributed by atoms with Crippen molar-refractivity contribution in [1.82, 2.24) is 29.5 Å². The number of nitrogens with one attached hydrogen (secondary N) is 1. The molecule has 1 N–H and O–H groups in total. The third kappa shape index (κ3) is 2.71. The molecule has 4 aromatic rings. The third-order valence-corrected chi connectivity index (χ3v) is 5.16. The highest BCUT2D eigenvalue weighted by atomic mass is 19.3. The lowest BCUT2D eigenvalue weighted by atomic mass is 9.99. The lowest BCUT2D eigenvalue weighted by Crippen LogP contribution is -2.41. The molecule has 8 nitrogen and oxygen atoms in total. The molecule has 1 unspecified atom stereocenters. The fraction of sp³-hybridized carbons (Fsp3) is 0.263. The van der Waals surface area contributed by atoms with Crippen LogP contribution < -0.4 is 0 Å². The highest BCUT2D eigenvalue weighted by Crippen LogP contribution is 2.35. The molecule has 0 saturated heterocycles. The fourth-order valence-electron chi connectivity index (χ4n) is 3.80. The van der Waals surface area contributed by atoms with Crippen LogP contribution in [0.5, 0.6) is 0 Å². The molecule has 5 heterocycles. The van der Waals surface area contributed by atoms with Crippen molar-refractivity contribution in [2.75, 3.05) is 6.54 Å². The second kappa shape index (κ2) is 6.50. The van der Waals surface area contributed by atoms with Crippen LogP contribution in [0.4, 0.5) is 8.78 Å². The zero-order valence-corrected chi connectivity index (χ0v) is 15.3. The van der Waals surface area contributed by atoms with Crippen molar-refractivity contribution in [2.24, 2.45) is 0 Å². The smallest absolute Gasteiger partial charge is 0.292 e. The van der Waals surface area contributed by atoms with E-state index in [1.807, 2.05) is 31.2 Å². The molecule has 1 aliphatic heterocycles. The molecule has 0 fully saturated rings. The standard InChI is InChI=1S/C19H16F2N6O2/c1-10-3-2-4-11-7-13(25-27(10)11)16-14-12(22-8-23-14)5-6-26(16)19(28)17-15(18(20)21)24-9-29-17/h2-4,7-9,16,18H,5-6H2,1H3,(H,22,23). The molecule has 148 valence electrons. The van der Waals surface area contributed by atoms with E-state index >= 15 is 0 Å². The number of nitrogens with zero attached hydrogens (tertiary/aromatic N) is 5. The van der Waals surface area contributed by atoms with E-state index in [9.17, 15) is 13.6 Å². The Morgan fingerprint density at radius 3 is 3.00 bits per heavy atom. The molecule has 5 rings (SSSR count). The van der Waals surface area contributed by atoms with Gasteiger partial charge in [0.2, 0.25) is 5.76 Å².